The maximum atomic E-state index is 13.5. The molecule has 0 saturated heterocycles. The number of carbonyl (C=O) groups is 2. The molecule has 1 aromatic carbocycles. The minimum Gasteiger partial charge on any atom is -0.447 e. The van der Waals surface area contributed by atoms with Gasteiger partial charge in [0.1, 0.15) is 23.6 Å². The monoisotopic (exact) mass is 387 g/mol. The van der Waals surface area contributed by atoms with Gasteiger partial charge in [-0.3, -0.25) is 4.79 Å². The number of hydrogen-bond donors (Lipinski definition) is 1. The maximum absolute atomic E-state index is 13.5. The number of Topliss-reactive ketones (excluding diaryl/α,β-unsaturated/α-hetero) is 1. The van der Waals surface area contributed by atoms with Gasteiger partial charge in [0.15, 0.2) is 11.7 Å². The summed E-state index contributed by atoms with van der Waals surface area (Å²) in [6, 6.07) is 6.02. The van der Waals surface area contributed by atoms with Crippen molar-refractivity contribution < 1.29 is 18.4 Å². The van der Waals surface area contributed by atoms with E-state index < -0.39 is 5.91 Å². The summed E-state index contributed by atoms with van der Waals surface area (Å²) in [6.07, 6.45) is 4.05. The first-order chi connectivity index (χ1) is 13.0. The summed E-state index contributed by atoms with van der Waals surface area (Å²) in [7, 11) is 0. The molecule has 1 N–H and O–H groups in total. The molecule has 0 unspecified atom stereocenters. The summed E-state index contributed by atoms with van der Waals surface area (Å²) in [6.45, 7) is 1.56. The van der Waals surface area contributed by atoms with Crippen LogP contribution in [0, 0.1) is 5.82 Å². The Bertz CT molecular complexity index is 951. The Morgan fingerprint density at radius 3 is 2.93 bits per heavy atom. The summed E-state index contributed by atoms with van der Waals surface area (Å²) in [5, 5.41) is 2.65. The van der Waals surface area contributed by atoms with E-state index in [1.165, 1.54) is 29.7 Å². The molecule has 0 radical (unpaired) electrons. The molecule has 0 bridgehead atoms. The molecule has 0 atom stereocenters. The highest BCUT2D eigenvalue weighted by atomic mass is 32.1. The van der Waals surface area contributed by atoms with Crippen LogP contribution < -0.4 is 5.32 Å². The summed E-state index contributed by atoms with van der Waals surface area (Å²) in [5.74, 6) is 0.134. The highest BCUT2D eigenvalue weighted by molar-refractivity contribution is 7.13. The number of unbranched alkanes of at least 4 members (excludes halogenated alkanes) is 1. The SMILES string of the molecule is CC(=O)CCCCc1nc(NC(=O)c2ncsc2-c2cccc(F)c2)co1. The van der Waals surface area contributed by atoms with Crippen LogP contribution in [0.3, 0.4) is 0 Å². The molecule has 27 heavy (non-hydrogen) atoms. The van der Waals surface area contributed by atoms with E-state index in [9.17, 15) is 14.0 Å². The smallest absolute Gasteiger partial charge is 0.277 e. The average Bonchev–Trinajstić information content (AvgIpc) is 3.28. The first kappa shape index (κ1) is 18.9. The Hall–Kier alpha value is -2.87. The molecule has 3 rings (SSSR count). The normalized spacial score (nSPS) is 10.7. The Balaban J connectivity index is 1.63. The van der Waals surface area contributed by atoms with Crippen molar-refractivity contribution in [3.8, 4) is 10.4 Å². The number of rotatable bonds is 8. The first-order valence-electron chi connectivity index (χ1n) is 8.47. The fourth-order valence-electron chi connectivity index (χ4n) is 2.55. The molecule has 1 amide bonds. The van der Waals surface area contributed by atoms with E-state index in [-0.39, 0.29) is 17.3 Å². The number of ketones is 1. The van der Waals surface area contributed by atoms with E-state index >= 15 is 0 Å². The standard InChI is InChI=1S/C19H18FN3O3S/c1-12(24)5-2-3-8-16-22-15(10-26-16)23-19(25)17-18(27-11-21-17)13-6-4-7-14(20)9-13/h4,6-7,9-11H,2-3,5,8H2,1H3,(H,23,25). The average molecular weight is 387 g/mol. The summed E-state index contributed by atoms with van der Waals surface area (Å²) < 4.78 is 18.8. The molecule has 0 aliphatic heterocycles. The zero-order valence-electron chi connectivity index (χ0n) is 14.7. The van der Waals surface area contributed by atoms with Crippen LogP contribution in [0.4, 0.5) is 10.2 Å². The van der Waals surface area contributed by atoms with E-state index in [2.05, 4.69) is 15.3 Å². The molecule has 2 aromatic heterocycles. The van der Waals surface area contributed by atoms with Gasteiger partial charge in [0.05, 0.1) is 10.4 Å². The lowest BCUT2D eigenvalue weighted by molar-refractivity contribution is -0.117. The topological polar surface area (TPSA) is 85.1 Å². The second-order valence-electron chi connectivity index (χ2n) is 6.03. The third kappa shape index (κ3) is 5.07. The van der Waals surface area contributed by atoms with Gasteiger partial charge in [-0.1, -0.05) is 12.1 Å². The number of thiazole rings is 1. The van der Waals surface area contributed by atoms with Crippen LogP contribution in [0.2, 0.25) is 0 Å². The Kier molecular flexibility index (Phi) is 6.08. The molecular weight excluding hydrogens is 369 g/mol. The van der Waals surface area contributed by atoms with E-state index in [0.29, 0.717) is 35.0 Å². The molecular formula is C19H18FN3O3S. The van der Waals surface area contributed by atoms with Crippen molar-refractivity contribution in [3.05, 3.63) is 53.4 Å². The number of oxazole rings is 1. The molecule has 0 aliphatic carbocycles. The van der Waals surface area contributed by atoms with Gasteiger partial charge in [-0.25, -0.2) is 9.37 Å². The van der Waals surface area contributed by atoms with Crippen LogP contribution in [0.1, 0.15) is 42.6 Å². The molecule has 6 nitrogen and oxygen atoms in total. The van der Waals surface area contributed by atoms with Crippen LogP contribution in [0.5, 0.6) is 0 Å². The fourth-order valence-corrected chi connectivity index (χ4v) is 3.33. The zero-order valence-corrected chi connectivity index (χ0v) is 15.5. The van der Waals surface area contributed by atoms with Gasteiger partial charge in [0.2, 0.25) is 0 Å². The van der Waals surface area contributed by atoms with Crippen molar-refractivity contribution in [1.29, 1.82) is 0 Å². The highest BCUT2D eigenvalue weighted by Crippen LogP contribution is 2.28. The van der Waals surface area contributed by atoms with Crippen LogP contribution in [0.25, 0.3) is 10.4 Å². The van der Waals surface area contributed by atoms with Crippen molar-refractivity contribution in [2.24, 2.45) is 0 Å². The molecule has 0 fully saturated rings. The third-order valence-electron chi connectivity index (χ3n) is 3.83. The van der Waals surface area contributed by atoms with Gasteiger partial charge in [-0.05, 0) is 37.5 Å². The van der Waals surface area contributed by atoms with Gasteiger partial charge < -0.3 is 14.5 Å². The quantitative estimate of drug-likeness (QED) is 0.576. The minimum absolute atomic E-state index is 0.160. The number of amides is 1. The van der Waals surface area contributed by atoms with E-state index in [0.717, 1.165) is 12.8 Å². The number of aryl methyl sites for hydroxylation is 1. The van der Waals surface area contributed by atoms with E-state index in [1.807, 2.05) is 0 Å². The maximum Gasteiger partial charge on any atom is 0.277 e. The molecule has 2 heterocycles. The van der Waals surface area contributed by atoms with Crippen LogP contribution in [-0.2, 0) is 11.2 Å². The number of halogens is 1. The number of carbonyl (C=O) groups excluding carboxylic acids is 2. The number of aromatic nitrogens is 2. The number of nitrogens with one attached hydrogen (secondary N) is 1. The minimum atomic E-state index is -0.438. The van der Waals surface area contributed by atoms with Crippen LogP contribution in [-0.4, -0.2) is 21.7 Å². The van der Waals surface area contributed by atoms with Gasteiger partial charge in [0.25, 0.3) is 5.91 Å². The zero-order chi connectivity index (χ0) is 19.2. The fraction of sp³-hybridized carbons (Fsp3) is 0.263. The van der Waals surface area contributed by atoms with Gasteiger partial charge in [-0.2, -0.15) is 4.98 Å². The van der Waals surface area contributed by atoms with Crippen molar-refractivity contribution >= 4 is 28.8 Å². The molecule has 8 heteroatoms. The van der Waals surface area contributed by atoms with Crippen molar-refractivity contribution in [3.63, 3.8) is 0 Å². The predicted molar refractivity (Wildman–Crippen MR) is 100 cm³/mol. The largest absolute Gasteiger partial charge is 0.447 e. The number of anilines is 1. The van der Waals surface area contributed by atoms with E-state index in [1.54, 1.807) is 24.6 Å². The lowest BCUT2D eigenvalue weighted by Crippen LogP contribution is -2.13. The molecule has 0 spiro atoms. The van der Waals surface area contributed by atoms with Crippen molar-refractivity contribution in [2.75, 3.05) is 5.32 Å². The first-order valence-corrected chi connectivity index (χ1v) is 9.35. The number of hydrogen-bond acceptors (Lipinski definition) is 6. The second kappa shape index (κ2) is 8.68. The van der Waals surface area contributed by atoms with Crippen molar-refractivity contribution in [2.45, 2.75) is 32.6 Å². The van der Waals surface area contributed by atoms with Crippen LogP contribution in [0.15, 0.2) is 40.5 Å². The van der Waals surface area contributed by atoms with E-state index in [4.69, 9.17) is 4.42 Å². The highest BCUT2D eigenvalue weighted by Gasteiger charge is 2.18. The van der Waals surface area contributed by atoms with Gasteiger partial charge >= 0.3 is 0 Å². The lowest BCUT2D eigenvalue weighted by atomic mass is 10.1. The third-order valence-corrected chi connectivity index (χ3v) is 4.71. The van der Waals surface area contributed by atoms with Gasteiger partial charge in [-0.15, -0.1) is 11.3 Å². The molecule has 0 saturated carbocycles. The number of benzene rings is 1. The predicted octanol–water partition coefficient (Wildman–Crippen LogP) is 4.49. The molecule has 140 valence electrons. The lowest BCUT2D eigenvalue weighted by Gasteiger charge is -2.03. The summed E-state index contributed by atoms with van der Waals surface area (Å²) >= 11 is 1.26. The van der Waals surface area contributed by atoms with Crippen molar-refractivity contribution in [1.82, 2.24) is 9.97 Å². The van der Waals surface area contributed by atoms with Gasteiger partial charge in [0, 0.05) is 12.8 Å². The molecule has 0 aliphatic rings. The molecule has 3 aromatic rings. The Labute approximate surface area is 159 Å². The Morgan fingerprint density at radius 2 is 2.15 bits per heavy atom. The Morgan fingerprint density at radius 1 is 1.30 bits per heavy atom. The summed E-state index contributed by atoms with van der Waals surface area (Å²) in [4.78, 5) is 32.4. The van der Waals surface area contributed by atoms with Crippen LogP contribution >= 0.6 is 11.3 Å². The second-order valence-corrected chi connectivity index (χ2v) is 6.88. The number of nitrogens with zero attached hydrogens (tertiary/aromatic N) is 2. The summed E-state index contributed by atoms with van der Waals surface area (Å²) in [5.41, 5.74) is 2.34.